The van der Waals surface area contributed by atoms with Crippen LogP contribution in [-0.2, 0) is 0 Å². The van der Waals surface area contributed by atoms with E-state index in [1.165, 1.54) is 6.07 Å². The van der Waals surface area contributed by atoms with Gasteiger partial charge >= 0.3 is 0 Å². The predicted octanol–water partition coefficient (Wildman–Crippen LogP) is 4.76. The van der Waals surface area contributed by atoms with Crippen molar-refractivity contribution in [3.63, 3.8) is 0 Å². The number of hydrogen-bond acceptors (Lipinski definition) is 6. The lowest BCUT2D eigenvalue weighted by Crippen LogP contribution is -1.91. The summed E-state index contributed by atoms with van der Waals surface area (Å²) in [6.45, 7) is 1.80. The Kier molecular flexibility index (Phi) is 4.31. The Morgan fingerprint density at radius 1 is 1.22 bits per heavy atom. The molecule has 0 bridgehead atoms. The summed E-state index contributed by atoms with van der Waals surface area (Å²) >= 11 is 7.14. The van der Waals surface area contributed by atoms with Crippen LogP contribution < -0.4 is 0 Å². The zero-order valence-electron chi connectivity index (χ0n) is 11.9. The molecule has 0 amide bonds. The van der Waals surface area contributed by atoms with Crippen molar-refractivity contribution in [3.8, 4) is 11.5 Å². The highest BCUT2D eigenvalue weighted by Gasteiger charge is 2.19. The predicted molar refractivity (Wildman–Crippen MR) is 86.7 cm³/mol. The molecule has 116 valence electrons. The van der Waals surface area contributed by atoms with Crippen molar-refractivity contribution in [1.82, 2.24) is 10.2 Å². The second kappa shape index (κ2) is 6.39. The molecule has 0 saturated heterocycles. The van der Waals surface area contributed by atoms with Crippen molar-refractivity contribution in [2.45, 2.75) is 17.0 Å². The largest absolute Gasteiger partial charge is 0.411 e. The number of rotatable bonds is 4. The summed E-state index contributed by atoms with van der Waals surface area (Å²) in [5.74, 6) is 0.271. The third-order valence-corrected chi connectivity index (χ3v) is 4.25. The molecule has 6 nitrogen and oxygen atoms in total. The third-order valence-electron chi connectivity index (χ3n) is 3.02. The highest BCUT2D eigenvalue weighted by molar-refractivity contribution is 7.99. The summed E-state index contributed by atoms with van der Waals surface area (Å²) < 4.78 is 5.55. The maximum absolute atomic E-state index is 11.1. The summed E-state index contributed by atoms with van der Waals surface area (Å²) in [4.78, 5) is 11.2. The molecule has 0 radical (unpaired) electrons. The van der Waals surface area contributed by atoms with Gasteiger partial charge in [-0.3, -0.25) is 10.1 Å². The molecule has 0 aliphatic carbocycles. The van der Waals surface area contributed by atoms with Gasteiger partial charge in [-0.15, -0.1) is 10.2 Å². The van der Waals surface area contributed by atoms with Gasteiger partial charge in [-0.05, 0) is 42.4 Å². The average Bonchev–Trinajstić information content (AvgIpc) is 2.97. The number of aromatic nitrogens is 2. The van der Waals surface area contributed by atoms with E-state index in [1.807, 2.05) is 6.07 Å². The van der Waals surface area contributed by atoms with Gasteiger partial charge in [0.1, 0.15) is 0 Å². The van der Waals surface area contributed by atoms with Crippen molar-refractivity contribution in [2.24, 2.45) is 0 Å². The number of halogens is 1. The van der Waals surface area contributed by atoms with Gasteiger partial charge < -0.3 is 4.42 Å². The van der Waals surface area contributed by atoms with E-state index in [9.17, 15) is 10.1 Å². The van der Waals surface area contributed by atoms with Gasteiger partial charge in [0.25, 0.3) is 10.9 Å². The first-order valence-electron chi connectivity index (χ1n) is 6.56. The molecule has 0 spiro atoms. The quantitative estimate of drug-likeness (QED) is 0.500. The monoisotopic (exact) mass is 347 g/mol. The molecule has 2 aromatic carbocycles. The molecule has 0 saturated carbocycles. The van der Waals surface area contributed by atoms with Crippen molar-refractivity contribution < 1.29 is 9.34 Å². The molecule has 3 rings (SSSR count). The van der Waals surface area contributed by atoms with E-state index in [-0.39, 0.29) is 16.8 Å². The standard InChI is InChI=1S/C15H10ClN3O3S/c1-9-6-7-13(12(8-9)19(20)21)23-15-18-17-14(22-15)10-4-2-3-5-11(10)16/h2-8H,1H3. The van der Waals surface area contributed by atoms with Crippen LogP contribution in [0.15, 0.2) is 57.0 Å². The fraction of sp³-hybridized carbons (Fsp3) is 0.0667. The average molecular weight is 348 g/mol. The second-order valence-electron chi connectivity index (χ2n) is 4.68. The maximum Gasteiger partial charge on any atom is 0.283 e. The smallest absolute Gasteiger partial charge is 0.283 e. The van der Waals surface area contributed by atoms with Crippen molar-refractivity contribution in [3.05, 3.63) is 63.2 Å². The number of nitro benzene ring substituents is 1. The molecule has 0 unspecified atom stereocenters. The van der Waals surface area contributed by atoms with Gasteiger partial charge in [-0.25, -0.2) is 0 Å². The van der Waals surface area contributed by atoms with Crippen LogP contribution in [0.2, 0.25) is 5.02 Å². The van der Waals surface area contributed by atoms with Gasteiger partial charge in [0, 0.05) is 6.07 Å². The highest BCUT2D eigenvalue weighted by atomic mass is 35.5. The summed E-state index contributed by atoms with van der Waals surface area (Å²) in [6, 6.07) is 12.1. The van der Waals surface area contributed by atoms with Crippen LogP contribution in [0, 0.1) is 17.0 Å². The van der Waals surface area contributed by atoms with E-state index in [4.69, 9.17) is 16.0 Å². The molecule has 23 heavy (non-hydrogen) atoms. The van der Waals surface area contributed by atoms with Gasteiger partial charge in [0.2, 0.25) is 5.89 Å². The Hall–Kier alpha value is -2.38. The van der Waals surface area contributed by atoms with E-state index in [0.717, 1.165) is 17.3 Å². The van der Waals surface area contributed by atoms with Crippen LogP contribution in [-0.4, -0.2) is 15.1 Å². The topological polar surface area (TPSA) is 82.1 Å². The van der Waals surface area contributed by atoms with E-state index in [2.05, 4.69) is 10.2 Å². The third kappa shape index (κ3) is 3.35. The lowest BCUT2D eigenvalue weighted by Gasteiger charge is -2.00. The molecule has 0 N–H and O–H groups in total. The Morgan fingerprint density at radius 2 is 2.00 bits per heavy atom. The Morgan fingerprint density at radius 3 is 2.74 bits per heavy atom. The summed E-state index contributed by atoms with van der Waals surface area (Å²) in [5.41, 5.74) is 1.43. The van der Waals surface area contributed by atoms with Crippen LogP contribution in [0.1, 0.15) is 5.56 Å². The normalized spacial score (nSPS) is 10.7. The van der Waals surface area contributed by atoms with Crippen LogP contribution in [0.25, 0.3) is 11.5 Å². The van der Waals surface area contributed by atoms with Crippen LogP contribution >= 0.6 is 23.4 Å². The molecule has 0 atom stereocenters. The molecule has 0 aliphatic rings. The lowest BCUT2D eigenvalue weighted by atomic mass is 10.2. The second-order valence-corrected chi connectivity index (χ2v) is 6.08. The van der Waals surface area contributed by atoms with Crippen LogP contribution in [0.5, 0.6) is 0 Å². The Bertz CT molecular complexity index is 882. The van der Waals surface area contributed by atoms with Crippen molar-refractivity contribution in [1.29, 1.82) is 0 Å². The van der Waals surface area contributed by atoms with Crippen LogP contribution in [0.3, 0.4) is 0 Å². The van der Waals surface area contributed by atoms with Gasteiger partial charge in [-0.2, -0.15) is 0 Å². The van der Waals surface area contributed by atoms with Gasteiger partial charge in [0.05, 0.1) is 20.4 Å². The minimum atomic E-state index is -0.430. The zero-order valence-corrected chi connectivity index (χ0v) is 13.5. The van der Waals surface area contributed by atoms with E-state index >= 15 is 0 Å². The molecule has 3 aromatic rings. The van der Waals surface area contributed by atoms with Crippen LogP contribution in [0.4, 0.5) is 5.69 Å². The Balaban J connectivity index is 1.91. The number of nitro groups is 1. The molecular formula is C15H10ClN3O3S. The minimum Gasteiger partial charge on any atom is -0.411 e. The first-order valence-corrected chi connectivity index (χ1v) is 7.75. The molecular weight excluding hydrogens is 338 g/mol. The first kappa shape index (κ1) is 15.5. The molecule has 1 aromatic heterocycles. The zero-order chi connectivity index (χ0) is 16.4. The number of benzene rings is 2. The van der Waals surface area contributed by atoms with E-state index in [1.54, 1.807) is 37.3 Å². The number of aryl methyl sites for hydroxylation is 1. The van der Waals surface area contributed by atoms with E-state index in [0.29, 0.717) is 15.5 Å². The number of hydrogen-bond donors (Lipinski definition) is 0. The van der Waals surface area contributed by atoms with Crippen molar-refractivity contribution in [2.75, 3.05) is 0 Å². The molecule has 0 fully saturated rings. The fourth-order valence-corrected chi connectivity index (χ4v) is 2.93. The fourth-order valence-electron chi connectivity index (χ4n) is 1.94. The summed E-state index contributed by atoms with van der Waals surface area (Å²) in [7, 11) is 0. The highest BCUT2D eigenvalue weighted by Crippen LogP contribution is 2.36. The van der Waals surface area contributed by atoms with E-state index < -0.39 is 4.92 Å². The number of nitrogens with zero attached hydrogens (tertiary/aromatic N) is 3. The molecule has 8 heteroatoms. The first-order chi connectivity index (χ1) is 11.0. The Labute approximate surface area is 140 Å². The molecule has 1 heterocycles. The minimum absolute atomic E-state index is 0.00694. The van der Waals surface area contributed by atoms with Crippen molar-refractivity contribution >= 4 is 29.1 Å². The van der Waals surface area contributed by atoms with Gasteiger partial charge in [-0.1, -0.05) is 29.8 Å². The SMILES string of the molecule is Cc1ccc(Sc2nnc(-c3ccccc3Cl)o2)c([N+](=O)[O-])c1. The maximum atomic E-state index is 11.1. The summed E-state index contributed by atoms with van der Waals surface area (Å²) in [6.07, 6.45) is 0. The van der Waals surface area contributed by atoms with Gasteiger partial charge in [0.15, 0.2) is 0 Å². The lowest BCUT2D eigenvalue weighted by molar-refractivity contribution is -0.387. The molecule has 0 aliphatic heterocycles. The summed E-state index contributed by atoms with van der Waals surface area (Å²) in [5, 5.41) is 19.7.